The van der Waals surface area contributed by atoms with E-state index in [0.717, 1.165) is 0 Å². The van der Waals surface area contributed by atoms with E-state index in [4.69, 9.17) is 11.6 Å². The van der Waals surface area contributed by atoms with Gasteiger partial charge in [0.15, 0.2) is 0 Å². The molecule has 0 radical (unpaired) electrons. The summed E-state index contributed by atoms with van der Waals surface area (Å²) in [6, 6.07) is 0. The van der Waals surface area contributed by atoms with Crippen LogP contribution < -0.4 is 5.43 Å². The zero-order chi connectivity index (χ0) is 7.72. The van der Waals surface area contributed by atoms with Gasteiger partial charge in [0.25, 0.3) is 0 Å². The first-order valence-electron chi connectivity index (χ1n) is 2.66. The summed E-state index contributed by atoms with van der Waals surface area (Å²) >= 11 is 5.26. The Balaban J connectivity index is 3.50. The van der Waals surface area contributed by atoms with Crippen LogP contribution in [0, 0.1) is 12.7 Å². The van der Waals surface area contributed by atoms with E-state index in [1.54, 1.807) is 0 Å². The van der Waals surface area contributed by atoms with E-state index >= 15 is 0 Å². The van der Waals surface area contributed by atoms with Crippen molar-refractivity contribution in [3.8, 4) is 0 Å². The van der Waals surface area contributed by atoms with Crippen LogP contribution in [0.4, 0.5) is 4.39 Å². The monoisotopic (exact) mass is 161 g/mol. The number of aromatic amines is 1. The molecule has 0 fully saturated rings. The second-order valence-electron chi connectivity index (χ2n) is 1.93. The number of hydrogen-bond donors (Lipinski definition) is 1. The van der Waals surface area contributed by atoms with Crippen molar-refractivity contribution in [2.45, 2.75) is 6.92 Å². The molecule has 0 unspecified atom stereocenters. The lowest BCUT2D eigenvalue weighted by atomic mass is 10.3. The zero-order valence-electron chi connectivity index (χ0n) is 5.24. The molecule has 2 nitrogen and oxygen atoms in total. The SMILES string of the molecule is Cc1c[nH]c(Cl)c(F)c1=O. The zero-order valence-corrected chi connectivity index (χ0v) is 6.00. The highest BCUT2D eigenvalue weighted by molar-refractivity contribution is 6.29. The first-order valence-corrected chi connectivity index (χ1v) is 3.04. The highest BCUT2D eigenvalue weighted by atomic mass is 35.5. The largest absolute Gasteiger partial charge is 0.350 e. The van der Waals surface area contributed by atoms with Crippen LogP contribution in [0.5, 0.6) is 0 Å². The van der Waals surface area contributed by atoms with E-state index in [-0.39, 0.29) is 5.15 Å². The molecule has 0 aliphatic carbocycles. The van der Waals surface area contributed by atoms with Gasteiger partial charge in [-0.2, -0.15) is 4.39 Å². The van der Waals surface area contributed by atoms with Crippen LogP contribution >= 0.6 is 11.6 Å². The van der Waals surface area contributed by atoms with Gasteiger partial charge in [-0.05, 0) is 6.92 Å². The molecule has 0 bridgehead atoms. The van der Waals surface area contributed by atoms with Gasteiger partial charge in [0.1, 0.15) is 5.15 Å². The van der Waals surface area contributed by atoms with Gasteiger partial charge < -0.3 is 4.98 Å². The fourth-order valence-electron chi connectivity index (χ4n) is 0.573. The number of nitrogens with one attached hydrogen (secondary N) is 1. The fraction of sp³-hybridized carbons (Fsp3) is 0.167. The van der Waals surface area contributed by atoms with Crippen LogP contribution in [-0.4, -0.2) is 4.98 Å². The number of rotatable bonds is 0. The highest BCUT2D eigenvalue weighted by Crippen LogP contribution is 2.05. The number of aromatic nitrogens is 1. The minimum atomic E-state index is -0.915. The van der Waals surface area contributed by atoms with Crippen LogP contribution in [-0.2, 0) is 0 Å². The third-order valence-corrected chi connectivity index (χ3v) is 1.44. The lowest BCUT2D eigenvalue weighted by molar-refractivity contribution is 0.609. The third-order valence-electron chi connectivity index (χ3n) is 1.17. The molecule has 0 atom stereocenters. The number of H-pyrrole nitrogens is 1. The molecule has 0 amide bonds. The van der Waals surface area contributed by atoms with Gasteiger partial charge >= 0.3 is 0 Å². The van der Waals surface area contributed by atoms with Gasteiger partial charge in [0.05, 0.1) is 0 Å². The minimum absolute atomic E-state index is 0.240. The number of halogens is 2. The van der Waals surface area contributed by atoms with Crippen molar-refractivity contribution in [2.24, 2.45) is 0 Å². The normalized spacial score (nSPS) is 9.90. The van der Waals surface area contributed by atoms with Gasteiger partial charge in [-0.15, -0.1) is 0 Å². The molecule has 0 aromatic carbocycles. The van der Waals surface area contributed by atoms with E-state index in [2.05, 4.69) is 4.98 Å². The third kappa shape index (κ3) is 1.04. The van der Waals surface area contributed by atoms with Crippen molar-refractivity contribution in [1.29, 1.82) is 0 Å². The maximum atomic E-state index is 12.5. The molecule has 1 aromatic heterocycles. The van der Waals surface area contributed by atoms with Gasteiger partial charge in [-0.1, -0.05) is 11.6 Å². The molecule has 4 heteroatoms. The summed E-state index contributed by atoms with van der Waals surface area (Å²) in [6.45, 7) is 1.51. The molecule has 1 N–H and O–H groups in total. The average molecular weight is 162 g/mol. The molecule has 1 rings (SSSR count). The van der Waals surface area contributed by atoms with Crippen LogP contribution in [0.15, 0.2) is 11.0 Å². The summed E-state index contributed by atoms with van der Waals surface area (Å²) in [4.78, 5) is 13.1. The van der Waals surface area contributed by atoms with Crippen LogP contribution in [0.1, 0.15) is 5.56 Å². The molecule has 54 valence electrons. The summed E-state index contributed by atoms with van der Waals surface area (Å²) in [6.07, 6.45) is 1.37. The van der Waals surface area contributed by atoms with E-state index in [9.17, 15) is 9.18 Å². The summed E-state index contributed by atoms with van der Waals surface area (Å²) in [5, 5.41) is -0.240. The number of aryl methyl sites for hydroxylation is 1. The quantitative estimate of drug-likeness (QED) is 0.575. The molecule has 0 saturated carbocycles. The Kier molecular flexibility index (Phi) is 1.76. The molecular formula is C6H5ClFNO. The second kappa shape index (κ2) is 2.42. The Labute approximate surface area is 61.6 Å². The predicted octanol–water partition coefficient (Wildman–Crippen LogP) is 1.48. The predicted molar refractivity (Wildman–Crippen MR) is 36.8 cm³/mol. The molecule has 0 spiro atoms. The smallest absolute Gasteiger partial charge is 0.221 e. The number of pyridine rings is 1. The van der Waals surface area contributed by atoms with E-state index < -0.39 is 11.2 Å². The lowest BCUT2D eigenvalue weighted by Gasteiger charge is -1.93. The van der Waals surface area contributed by atoms with E-state index in [1.807, 2.05) is 0 Å². The Hall–Kier alpha value is -0.830. The first-order chi connectivity index (χ1) is 4.63. The standard InChI is InChI=1S/C6H5ClFNO/c1-3-2-9-6(7)4(8)5(3)10/h2H,1H3,(H,9,10). The Morgan fingerprint density at radius 1 is 1.70 bits per heavy atom. The second-order valence-corrected chi connectivity index (χ2v) is 2.31. The topological polar surface area (TPSA) is 32.9 Å². The summed E-state index contributed by atoms with van der Waals surface area (Å²) in [7, 11) is 0. The van der Waals surface area contributed by atoms with Gasteiger partial charge in [0, 0.05) is 11.8 Å². The van der Waals surface area contributed by atoms with Crippen molar-refractivity contribution in [3.63, 3.8) is 0 Å². The van der Waals surface area contributed by atoms with E-state index in [0.29, 0.717) is 5.56 Å². The van der Waals surface area contributed by atoms with Gasteiger partial charge in [-0.25, -0.2) is 0 Å². The molecular weight excluding hydrogens is 157 g/mol. The summed E-state index contributed by atoms with van der Waals surface area (Å²) < 4.78 is 12.5. The Morgan fingerprint density at radius 3 is 2.80 bits per heavy atom. The number of hydrogen-bond acceptors (Lipinski definition) is 1. The maximum absolute atomic E-state index is 12.5. The first kappa shape index (κ1) is 7.28. The van der Waals surface area contributed by atoms with E-state index in [1.165, 1.54) is 13.1 Å². The summed E-state index contributed by atoms with van der Waals surface area (Å²) in [5.74, 6) is -0.915. The molecule has 1 heterocycles. The van der Waals surface area contributed by atoms with Crippen LogP contribution in [0.2, 0.25) is 5.15 Å². The Morgan fingerprint density at radius 2 is 2.30 bits per heavy atom. The van der Waals surface area contributed by atoms with Crippen molar-refractivity contribution in [3.05, 3.63) is 33.0 Å². The summed E-state index contributed by atoms with van der Waals surface area (Å²) in [5.41, 5.74) is -0.328. The maximum Gasteiger partial charge on any atom is 0.221 e. The highest BCUT2D eigenvalue weighted by Gasteiger charge is 2.04. The van der Waals surface area contributed by atoms with Gasteiger partial charge in [0.2, 0.25) is 11.2 Å². The van der Waals surface area contributed by atoms with Gasteiger partial charge in [-0.3, -0.25) is 4.79 Å². The van der Waals surface area contributed by atoms with Crippen molar-refractivity contribution >= 4 is 11.6 Å². The van der Waals surface area contributed by atoms with Crippen LogP contribution in [0.3, 0.4) is 0 Å². The molecule has 0 aliphatic heterocycles. The molecule has 0 saturated heterocycles. The van der Waals surface area contributed by atoms with Crippen molar-refractivity contribution in [1.82, 2.24) is 4.98 Å². The minimum Gasteiger partial charge on any atom is -0.350 e. The Bertz CT molecular complexity index is 307. The van der Waals surface area contributed by atoms with Crippen LogP contribution in [0.25, 0.3) is 0 Å². The fourth-order valence-corrected chi connectivity index (χ4v) is 0.714. The molecule has 1 aromatic rings. The lowest BCUT2D eigenvalue weighted by Crippen LogP contribution is -2.10. The molecule has 0 aliphatic rings. The van der Waals surface area contributed by atoms with Crippen molar-refractivity contribution < 1.29 is 4.39 Å². The van der Waals surface area contributed by atoms with Crippen molar-refractivity contribution in [2.75, 3.05) is 0 Å². The molecule has 10 heavy (non-hydrogen) atoms. The average Bonchev–Trinajstić information content (AvgIpc) is 1.93.